The molecule has 25 heavy (non-hydrogen) atoms. The SMILES string of the molecule is COC(=O)C(O)C(Sc1c(C)cc(C)cc1N)c1ccc(OC)cc1. The summed E-state index contributed by atoms with van der Waals surface area (Å²) in [5, 5.41) is 9.93. The van der Waals surface area contributed by atoms with Crippen molar-refractivity contribution in [2.75, 3.05) is 20.0 Å². The molecule has 2 aromatic carbocycles. The summed E-state index contributed by atoms with van der Waals surface area (Å²) in [6, 6.07) is 11.1. The summed E-state index contributed by atoms with van der Waals surface area (Å²) in [5.41, 5.74) is 9.63. The second kappa shape index (κ2) is 8.27. The summed E-state index contributed by atoms with van der Waals surface area (Å²) < 4.78 is 9.89. The van der Waals surface area contributed by atoms with Crippen LogP contribution in [-0.4, -0.2) is 31.4 Å². The molecule has 2 unspecified atom stereocenters. The van der Waals surface area contributed by atoms with Crippen molar-refractivity contribution in [1.29, 1.82) is 0 Å². The number of nitrogens with two attached hydrogens (primary N) is 1. The summed E-state index contributed by atoms with van der Waals surface area (Å²) in [6.07, 6.45) is -1.32. The van der Waals surface area contributed by atoms with Gasteiger partial charge in [-0.05, 0) is 48.7 Å². The van der Waals surface area contributed by atoms with Crippen molar-refractivity contribution in [3.63, 3.8) is 0 Å². The van der Waals surface area contributed by atoms with Crippen LogP contribution in [0.2, 0.25) is 0 Å². The zero-order chi connectivity index (χ0) is 18.6. The molecule has 2 atom stereocenters. The first kappa shape index (κ1) is 19.1. The lowest BCUT2D eigenvalue weighted by molar-refractivity contribution is -0.150. The number of carbonyl (C=O) groups excluding carboxylic acids is 1. The molecule has 6 heteroatoms. The van der Waals surface area contributed by atoms with E-state index in [1.807, 2.05) is 38.1 Å². The van der Waals surface area contributed by atoms with Gasteiger partial charge < -0.3 is 20.3 Å². The summed E-state index contributed by atoms with van der Waals surface area (Å²) >= 11 is 1.35. The Balaban J connectivity index is 2.42. The number of thioether (sulfide) groups is 1. The molecule has 0 amide bonds. The molecule has 0 spiro atoms. The van der Waals surface area contributed by atoms with Crippen LogP contribution in [-0.2, 0) is 9.53 Å². The molecule has 0 radical (unpaired) electrons. The van der Waals surface area contributed by atoms with E-state index in [1.54, 1.807) is 19.2 Å². The van der Waals surface area contributed by atoms with E-state index in [0.717, 1.165) is 21.6 Å². The van der Waals surface area contributed by atoms with E-state index in [2.05, 4.69) is 0 Å². The van der Waals surface area contributed by atoms with Gasteiger partial charge in [0.2, 0.25) is 0 Å². The first-order valence-electron chi connectivity index (χ1n) is 7.80. The van der Waals surface area contributed by atoms with E-state index >= 15 is 0 Å². The molecule has 0 saturated carbocycles. The Morgan fingerprint density at radius 1 is 1.16 bits per heavy atom. The van der Waals surface area contributed by atoms with Gasteiger partial charge in [0.05, 0.1) is 19.5 Å². The number of hydrogen-bond acceptors (Lipinski definition) is 6. The van der Waals surface area contributed by atoms with E-state index < -0.39 is 17.3 Å². The number of nitrogen functional groups attached to an aromatic ring is 1. The largest absolute Gasteiger partial charge is 0.497 e. The van der Waals surface area contributed by atoms with Gasteiger partial charge in [0.15, 0.2) is 6.10 Å². The molecular formula is C19H23NO4S. The van der Waals surface area contributed by atoms with Gasteiger partial charge in [-0.15, -0.1) is 11.8 Å². The third kappa shape index (κ3) is 4.46. The number of ether oxygens (including phenoxy) is 2. The topological polar surface area (TPSA) is 81.8 Å². The molecule has 2 aromatic rings. The number of benzene rings is 2. The fourth-order valence-electron chi connectivity index (χ4n) is 2.63. The Labute approximate surface area is 152 Å². The highest BCUT2D eigenvalue weighted by Gasteiger charge is 2.30. The highest BCUT2D eigenvalue weighted by molar-refractivity contribution is 7.99. The van der Waals surface area contributed by atoms with Crippen molar-refractivity contribution in [2.45, 2.75) is 30.1 Å². The van der Waals surface area contributed by atoms with Crippen LogP contribution in [0, 0.1) is 13.8 Å². The lowest BCUT2D eigenvalue weighted by Crippen LogP contribution is -2.27. The molecular weight excluding hydrogens is 338 g/mol. The Kier molecular flexibility index (Phi) is 6.33. The molecule has 0 saturated heterocycles. The highest BCUT2D eigenvalue weighted by Crippen LogP contribution is 2.43. The average Bonchev–Trinajstić information content (AvgIpc) is 2.60. The predicted octanol–water partition coefficient (Wildman–Crippen LogP) is 3.26. The van der Waals surface area contributed by atoms with E-state index in [9.17, 15) is 9.90 Å². The van der Waals surface area contributed by atoms with Crippen molar-refractivity contribution in [3.8, 4) is 5.75 Å². The Morgan fingerprint density at radius 3 is 2.32 bits per heavy atom. The van der Waals surface area contributed by atoms with Gasteiger partial charge in [0, 0.05) is 10.6 Å². The Bertz CT molecular complexity index is 723. The third-order valence-electron chi connectivity index (χ3n) is 3.87. The van der Waals surface area contributed by atoms with E-state index in [4.69, 9.17) is 15.2 Å². The number of carbonyl (C=O) groups is 1. The van der Waals surface area contributed by atoms with Gasteiger partial charge in [-0.1, -0.05) is 18.2 Å². The number of aliphatic hydroxyl groups is 1. The van der Waals surface area contributed by atoms with Crippen molar-refractivity contribution in [2.24, 2.45) is 0 Å². The summed E-state index contributed by atoms with van der Waals surface area (Å²) in [4.78, 5) is 12.8. The monoisotopic (exact) mass is 361 g/mol. The maximum atomic E-state index is 11.9. The smallest absolute Gasteiger partial charge is 0.336 e. The minimum absolute atomic E-state index is 0.554. The zero-order valence-corrected chi connectivity index (χ0v) is 15.6. The molecule has 0 aromatic heterocycles. The number of aryl methyl sites for hydroxylation is 2. The van der Waals surface area contributed by atoms with Gasteiger partial charge >= 0.3 is 5.97 Å². The molecule has 0 bridgehead atoms. The highest BCUT2D eigenvalue weighted by atomic mass is 32.2. The van der Waals surface area contributed by atoms with Gasteiger partial charge in [0.25, 0.3) is 0 Å². The summed E-state index contributed by atoms with van der Waals surface area (Å²) in [7, 11) is 2.84. The van der Waals surface area contributed by atoms with Crippen LogP contribution in [0.3, 0.4) is 0 Å². The maximum Gasteiger partial charge on any atom is 0.336 e. The van der Waals surface area contributed by atoms with Crippen LogP contribution in [0.4, 0.5) is 5.69 Å². The first-order valence-corrected chi connectivity index (χ1v) is 8.68. The van der Waals surface area contributed by atoms with Crippen molar-refractivity contribution >= 4 is 23.4 Å². The quantitative estimate of drug-likeness (QED) is 0.467. The van der Waals surface area contributed by atoms with Gasteiger partial charge in [-0.2, -0.15) is 0 Å². The second-order valence-corrected chi connectivity index (χ2v) is 6.93. The maximum absolute atomic E-state index is 11.9. The van der Waals surface area contributed by atoms with Crippen LogP contribution < -0.4 is 10.5 Å². The number of anilines is 1. The predicted molar refractivity (Wildman–Crippen MR) is 99.9 cm³/mol. The van der Waals surface area contributed by atoms with Crippen LogP contribution in [0.15, 0.2) is 41.3 Å². The van der Waals surface area contributed by atoms with Crippen molar-refractivity contribution in [3.05, 3.63) is 53.1 Å². The number of methoxy groups -OCH3 is 2. The zero-order valence-electron chi connectivity index (χ0n) is 14.8. The molecule has 0 aliphatic heterocycles. The van der Waals surface area contributed by atoms with Crippen LogP contribution in [0.1, 0.15) is 21.9 Å². The van der Waals surface area contributed by atoms with E-state index in [0.29, 0.717) is 11.4 Å². The number of aliphatic hydroxyl groups excluding tert-OH is 1. The van der Waals surface area contributed by atoms with Gasteiger partial charge in [0.1, 0.15) is 5.75 Å². The van der Waals surface area contributed by atoms with Gasteiger partial charge in [-0.3, -0.25) is 0 Å². The molecule has 0 fully saturated rings. The minimum Gasteiger partial charge on any atom is -0.497 e. The van der Waals surface area contributed by atoms with Crippen LogP contribution in [0.5, 0.6) is 5.75 Å². The number of rotatable bonds is 6. The van der Waals surface area contributed by atoms with Crippen LogP contribution in [0.25, 0.3) is 0 Å². The van der Waals surface area contributed by atoms with E-state index in [1.165, 1.54) is 18.9 Å². The van der Waals surface area contributed by atoms with Gasteiger partial charge in [-0.25, -0.2) is 4.79 Å². The number of esters is 1. The first-order chi connectivity index (χ1) is 11.9. The summed E-state index contributed by atoms with van der Waals surface area (Å²) in [5.74, 6) is 0.0164. The standard InChI is InChI=1S/C19H23NO4S/c1-11-9-12(2)17(15(20)10-11)25-18(16(21)19(22)24-4)13-5-7-14(23-3)8-6-13/h5-10,16,18,21H,20H2,1-4H3. The van der Waals surface area contributed by atoms with E-state index in [-0.39, 0.29) is 0 Å². The molecule has 3 N–H and O–H groups in total. The Morgan fingerprint density at radius 2 is 1.80 bits per heavy atom. The molecule has 5 nitrogen and oxygen atoms in total. The molecule has 2 rings (SSSR count). The number of hydrogen-bond donors (Lipinski definition) is 2. The molecule has 134 valence electrons. The third-order valence-corrected chi connectivity index (χ3v) is 5.44. The van der Waals surface area contributed by atoms with Crippen molar-refractivity contribution in [1.82, 2.24) is 0 Å². The van der Waals surface area contributed by atoms with Crippen molar-refractivity contribution < 1.29 is 19.4 Å². The van der Waals surface area contributed by atoms with Crippen LogP contribution >= 0.6 is 11.8 Å². The molecule has 0 heterocycles. The second-order valence-electron chi connectivity index (χ2n) is 5.78. The molecule has 0 aliphatic rings. The lowest BCUT2D eigenvalue weighted by atomic mass is 10.1. The fraction of sp³-hybridized carbons (Fsp3) is 0.316. The average molecular weight is 361 g/mol. The summed E-state index contributed by atoms with van der Waals surface area (Å²) in [6.45, 7) is 3.93. The lowest BCUT2D eigenvalue weighted by Gasteiger charge is -2.23. The Hall–Kier alpha value is -2.18. The fourth-order valence-corrected chi connectivity index (χ4v) is 3.85. The minimum atomic E-state index is -1.32. The molecule has 0 aliphatic carbocycles. The normalized spacial score (nSPS) is 13.2.